The normalized spacial score (nSPS) is 14.6. The number of anilines is 1. The first-order valence-corrected chi connectivity index (χ1v) is 8.17. The van der Waals surface area contributed by atoms with E-state index in [0.717, 1.165) is 18.8 Å². The van der Waals surface area contributed by atoms with Crippen molar-refractivity contribution in [1.29, 1.82) is 0 Å². The predicted molar refractivity (Wildman–Crippen MR) is 92.1 cm³/mol. The molecule has 0 N–H and O–H groups in total. The quantitative estimate of drug-likeness (QED) is 0.850. The number of rotatable bonds is 4. The van der Waals surface area contributed by atoms with Crippen molar-refractivity contribution in [1.82, 2.24) is 4.90 Å². The highest BCUT2D eigenvalue weighted by Crippen LogP contribution is 2.21. The monoisotopic (exact) mass is 348 g/mol. The number of hydrogen-bond acceptors (Lipinski definition) is 3. The van der Waals surface area contributed by atoms with Crippen molar-refractivity contribution in [3.05, 3.63) is 59.4 Å². The Labute approximate surface area is 145 Å². The topological polar surface area (TPSA) is 32.8 Å². The maximum Gasteiger partial charge on any atom is 0.260 e. The highest BCUT2D eigenvalue weighted by molar-refractivity contribution is 6.30. The Morgan fingerprint density at radius 3 is 2.54 bits per heavy atom. The van der Waals surface area contributed by atoms with Crippen LogP contribution < -0.4 is 9.64 Å². The molecule has 0 unspecified atom stereocenters. The summed E-state index contributed by atoms with van der Waals surface area (Å²) in [5.41, 5.74) is 1.05. The van der Waals surface area contributed by atoms with Gasteiger partial charge in [0.05, 0.1) is 0 Å². The number of benzene rings is 2. The number of ether oxygens (including phenoxy) is 1. The molecule has 0 aliphatic carbocycles. The van der Waals surface area contributed by atoms with Gasteiger partial charge in [-0.15, -0.1) is 0 Å². The van der Waals surface area contributed by atoms with Crippen LogP contribution in [0.25, 0.3) is 0 Å². The number of carbonyl (C=O) groups is 1. The van der Waals surface area contributed by atoms with Crippen LogP contribution >= 0.6 is 11.6 Å². The molecule has 1 fully saturated rings. The minimum absolute atomic E-state index is 0.100. The van der Waals surface area contributed by atoms with E-state index in [4.69, 9.17) is 16.3 Å². The summed E-state index contributed by atoms with van der Waals surface area (Å²) < 4.78 is 18.8. The lowest BCUT2D eigenvalue weighted by atomic mass is 10.2. The molecule has 0 bridgehead atoms. The number of para-hydroxylation sites is 1. The third kappa shape index (κ3) is 3.97. The molecular formula is C18H18ClFN2O2. The Balaban J connectivity index is 1.51. The first kappa shape index (κ1) is 16.6. The van der Waals surface area contributed by atoms with E-state index in [1.807, 2.05) is 24.3 Å². The molecule has 2 aromatic rings. The minimum atomic E-state index is -0.462. The van der Waals surface area contributed by atoms with Gasteiger partial charge in [-0.2, -0.15) is 0 Å². The molecule has 1 saturated heterocycles. The molecule has 126 valence electrons. The van der Waals surface area contributed by atoms with E-state index >= 15 is 0 Å². The lowest BCUT2D eigenvalue weighted by molar-refractivity contribution is -0.133. The summed E-state index contributed by atoms with van der Waals surface area (Å²) in [4.78, 5) is 16.1. The molecule has 1 aliphatic rings. The fraction of sp³-hybridized carbons (Fsp3) is 0.278. The maximum atomic E-state index is 13.5. The molecule has 1 amide bonds. The zero-order chi connectivity index (χ0) is 16.9. The first-order chi connectivity index (χ1) is 11.6. The Morgan fingerprint density at radius 1 is 1.08 bits per heavy atom. The van der Waals surface area contributed by atoms with Gasteiger partial charge in [0.1, 0.15) is 0 Å². The summed E-state index contributed by atoms with van der Waals surface area (Å²) in [5, 5.41) is 0.698. The molecule has 0 spiro atoms. The van der Waals surface area contributed by atoms with Crippen molar-refractivity contribution < 1.29 is 13.9 Å². The summed E-state index contributed by atoms with van der Waals surface area (Å²) in [6.45, 7) is 2.51. The van der Waals surface area contributed by atoms with Crippen molar-refractivity contribution >= 4 is 23.2 Å². The molecule has 3 rings (SSSR count). The molecule has 1 heterocycles. The molecule has 0 aromatic heterocycles. The van der Waals surface area contributed by atoms with E-state index in [2.05, 4.69) is 4.90 Å². The van der Waals surface area contributed by atoms with E-state index in [0.29, 0.717) is 18.1 Å². The fourth-order valence-electron chi connectivity index (χ4n) is 2.68. The minimum Gasteiger partial charge on any atom is -0.481 e. The lowest BCUT2D eigenvalue weighted by Gasteiger charge is -2.36. The van der Waals surface area contributed by atoms with Crippen LogP contribution in [0.3, 0.4) is 0 Å². The Hall–Kier alpha value is -2.27. The second-order valence-corrected chi connectivity index (χ2v) is 6.00. The van der Waals surface area contributed by atoms with Gasteiger partial charge < -0.3 is 14.5 Å². The van der Waals surface area contributed by atoms with Crippen LogP contribution in [0.2, 0.25) is 5.02 Å². The van der Waals surface area contributed by atoms with E-state index < -0.39 is 5.82 Å². The van der Waals surface area contributed by atoms with Crippen LogP contribution in [0.4, 0.5) is 10.1 Å². The Bertz CT molecular complexity index is 718. The maximum absolute atomic E-state index is 13.5. The van der Waals surface area contributed by atoms with Crippen LogP contribution in [0.5, 0.6) is 5.75 Å². The second-order valence-electron chi connectivity index (χ2n) is 5.57. The third-order valence-corrected chi connectivity index (χ3v) is 4.23. The van der Waals surface area contributed by atoms with Crippen LogP contribution in [-0.2, 0) is 4.79 Å². The van der Waals surface area contributed by atoms with Crippen molar-refractivity contribution in [2.75, 3.05) is 37.7 Å². The second kappa shape index (κ2) is 7.53. The SMILES string of the molecule is O=C(COc1ccccc1F)N1CCN(c2cccc(Cl)c2)CC1. The van der Waals surface area contributed by atoms with E-state index in [-0.39, 0.29) is 18.3 Å². The highest BCUT2D eigenvalue weighted by Gasteiger charge is 2.22. The molecule has 0 radical (unpaired) electrons. The van der Waals surface area contributed by atoms with Crippen molar-refractivity contribution in [3.8, 4) is 5.75 Å². The van der Waals surface area contributed by atoms with Gasteiger partial charge in [0.2, 0.25) is 0 Å². The molecule has 0 atom stereocenters. The van der Waals surface area contributed by atoms with Gasteiger partial charge in [-0.25, -0.2) is 4.39 Å². The smallest absolute Gasteiger partial charge is 0.260 e. The molecule has 1 aliphatic heterocycles. The highest BCUT2D eigenvalue weighted by atomic mass is 35.5. The molecule has 24 heavy (non-hydrogen) atoms. The summed E-state index contributed by atoms with van der Waals surface area (Å²) in [6.07, 6.45) is 0. The number of piperazine rings is 1. The van der Waals surface area contributed by atoms with Crippen LogP contribution in [0.15, 0.2) is 48.5 Å². The Morgan fingerprint density at radius 2 is 1.83 bits per heavy atom. The number of halogens is 2. The first-order valence-electron chi connectivity index (χ1n) is 7.79. The largest absolute Gasteiger partial charge is 0.481 e. The van der Waals surface area contributed by atoms with Gasteiger partial charge in [-0.3, -0.25) is 4.79 Å². The fourth-order valence-corrected chi connectivity index (χ4v) is 2.86. The number of carbonyl (C=O) groups excluding carboxylic acids is 1. The molecule has 2 aromatic carbocycles. The summed E-state index contributed by atoms with van der Waals surface area (Å²) in [5.74, 6) is -0.497. The summed E-state index contributed by atoms with van der Waals surface area (Å²) in [6, 6.07) is 13.8. The zero-order valence-corrected chi connectivity index (χ0v) is 13.9. The lowest BCUT2D eigenvalue weighted by Crippen LogP contribution is -2.50. The van der Waals surface area contributed by atoms with Gasteiger partial charge in [0.15, 0.2) is 18.2 Å². The van der Waals surface area contributed by atoms with Crippen LogP contribution in [0, 0.1) is 5.82 Å². The molecule has 0 saturated carbocycles. The van der Waals surface area contributed by atoms with Crippen molar-refractivity contribution in [2.45, 2.75) is 0 Å². The van der Waals surface area contributed by atoms with E-state index in [9.17, 15) is 9.18 Å². The third-order valence-electron chi connectivity index (χ3n) is 3.99. The molecular weight excluding hydrogens is 331 g/mol. The van der Waals surface area contributed by atoms with Gasteiger partial charge >= 0.3 is 0 Å². The van der Waals surface area contributed by atoms with Gasteiger partial charge in [0.25, 0.3) is 5.91 Å². The number of hydrogen-bond donors (Lipinski definition) is 0. The van der Waals surface area contributed by atoms with Crippen LogP contribution in [0.1, 0.15) is 0 Å². The standard InChI is InChI=1S/C18H18ClFN2O2/c19-14-4-3-5-15(12-14)21-8-10-22(11-9-21)18(23)13-24-17-7-2-1-6-16(17)20/h1-7,12H,8-11,13H2. The number of amides is 1. The average Bonchev–Trinajstić information content (AvgIpc) is 2.61. The van der Waals surface area contributed by atoms with Gasteiger partial charge in [-0.1, -0.05) is 29.8 Å². The van der Waals surface area contributed by atoms with Gasteiger partial charge in [0, 0.05) is 36.9 Å². The molecule has 6 heteroatoms. The van der Waals surface area contributed by atoms with Gasteiger partial charge in [-0.05, 0) is 30.3 Å². The zero-order valence-electron chi connectivity index (χ0n) is 13.1. The van der Waals surface area contributed by atoms with E-state index in [1.165, 1.54) is 12.1 Å². The van der Waals surface area contributed by atoms with E-state index in [1.54, 1.807) is 17.0 Å². The van der Waals surface area contributed by atoms with Crippen LogP contribution in [-0.4, -0.2) is 43.6 Å². The van der Waals surface area contributed by atoms with Crippen molar-refractivity contribution in [2.24, 2.45) is 0 Å². The molecule has 4 nitrogen and oxygen atoms in total. The van der Waals surface area contributed by atoms with Crippen molar-refractivity contribution in [3.63, 3.8) is 0 Å². The Kier molecular flexibility index (Phi) is 5.20. The average molecular weight is 349 g/mol. The summed E-state index contributed by atoms with van der Waals surface area (Å²) in [7, 11) is 0. The number of nitrogens with zero attached hydrogens (tertiary/aromatic N) is 2. The summed E-state index contributed by atoms with van der Waals surface area (Å²) >= 11 is 6.02. The predicted octanol–water partition coefficient (Wildman–Crippen LogP) is 3.21.